The van der Waals surface area contributed by atoms with Crippen LogP contribution >= 0.6 is 0 Å². The van der Waals surface area contributed by atoms with Crippen LogP contribution in [0.2, 0.25) is 0 Å². The summed E-state index contributed by atoms with van der Waals surface area (Å²) in [5, 5.41) is 7.25. The van der Waals surface area contributed by atoms with Crippen LogP contribution in [0, 0.1) is 0 Å². The third-order valence-electron chi connectivity index (χ3n) is 4.18. The van der Waals surface area contributed by atoms with Crippen molar-refractivity contribution in [3.63, 3.8) is 0 Å². The number of rotatable bonds is 5. The molecule has 3 rings (SSSR count). The van der Waals surface area contributed by atoms with Gasteiger partial charge in [0.05, 0.1) is 19.7 Å². The second kappa shape index (κ2) is 6.88. The number of nitrogens with two attached hydrogens (primary N) is 1. The minimum absolute atomic E-state index is 0.0320. The molecule has 1 aliphatic rings. The van der Waals surface area contributed by atoms with Crippen molar-refractivity contribution in [2.75, 3.05) is 31.2 Å². The molecule has 1 amide bonds. The van der Waals surface area contributed by atoms with Crippen LogP contribution in [0.25, 0.3) is 0 Å². The Hall–Kier alpha value is -2.61. The summed E-state index contributed by atoms with van der Waals surface area (Å²) in [6, 6.07) is 7.34. The molecule has 0 spiro atoms. The van der Waals surface area contributed by atoms with Crippen LogP contribution in [0.1, 0.15) is 24.7 Å². The largest absolute Gasteiger partial charge is 0.497 e. The quantitative estimate of drug-likeness (QED) is 0.854. The lowest BCUT2D eigenvalue weighted by molar-refractivity contribution is -0.117. The number of aryl methyl sites for hydroxylation is 1. The first-order chi connectivity index (χ1) is 11.6. The highest BCUT2D eigenvalue weighted by Crippen LogP contribution is 2.30. The van der Waals surface area contributed by atoms with Gasteiger partial charge in [-0.25, -0.2) is 4.68 Å². The molecule has 8 nitrogen and oxygen atoms in total. The molecule has 3 N–H and O–H groups in total. The van der Waals surface area contributed by atoms with Gasteiger partial charge in [0.1, 0.15) is 5.75 Å². The van der Waals surface area contributed by atoms with E-state index in [0.717, 1.165) is 25.1 Å². The lowest BCUT2D eigenvalue weighted by atomic mass is 10.2. The van der Waals surface area contributed by atoms with E-state index in [1.54, 1.807) is 24.9 Å². The number of hydrogen-bond donors (Lipinski definition) is 2. The number of ether oxygens (including phenoxy) is 1. The number of methoxy groups -OCH3 is 1. The first kappa shape index (κ1) is 16.3. The van der Waals surface area contributed by atoms with Crippen LogP contribution in [-0.4, -0.2) is 45.8 Å². The van der Waals surface area contributed by atoms with Gasteiger partial charge in [-0.2, -0.15) is 10.1 Å². The molecule has 0 saturated carbocycles. The van der Waals surface area contributed by atoms with E-state index in [4.69, 9.17) is 10.5 Å². The molecule has 1 saturated heterocycles. The zero-order valence-electron chi connectivity index (χ0n) is 13.9. The number of aromatic nitrogens is 3. The van der Waals surface area contributed by atoms with Crippen molar-refractivity contribution in [1.82, 2.24) is 19.7 Å². The average Bonchev–Trinajstić information content (AvgIpc) is 3.14. The van der Waals surface area contributed by atoms with Crippen molar-refractivity contribution in [1.29, 1.82) is 0 Å². The van der Waals surface area contributed by atoms with Crippen LogP contribution < -0.4 is 15.8 Å². The lowest BCUT2D eigenvalue weighted by Gasteiger charge is -2.21. The number of anilines is 2. The highest BCUT2D eigenvalue weighted by molar-refractivity contribution is 5.92. The Morgan fingerprint density at radius 1 is 1.50 bits per heavy atom. The average molecular weight is 330 g/mol. The summed E-state index contributed by atoms with van der Waals surface area (Å²) >= 11 is 0. The molecule has 8 heteroatoms. The van der Waals surface area contributed by atoms with E-state index in [2.05, 4.69) is 20.3 Å². The maximum atomic E-state index is 12.4. The van der Waals surface area contributed by atoms with E-state index in [1.807, 2.05) is 18.2 Å². The van der Waals surface area contributed by atoms with Gasteiger partial charge in [0.2, 0.25) is 11.9 Å². The zero-order valence-corrected chi connectivity index (χ0v) is 13.9. The number of carbonyl (C=O) groups is 1. The third-order valence-corrected chi connectivity index (χ3v) is 4.18. The summed E-state index contributed by atoms with van der Waals surface area (Å²) in [6.07, 6.45) is 1.94. The van der Waals surface area contributed by atoms with Crippen molar-refractivity contribution in [2.45, 2.75) is 18.9 Å². The summed E-state index contributed by atoms with van der Waals surface area (Å²) in [7, 11) is 3.36. The number of nitrogen functional groups attached to an aromatic ring is 1. The monoisotopic (exact) mass is 330 g/mol. The number of carbonyl (C=O) groups excluding carboxylic acids is 1. The number of benzene rings is 1. The molecule has 1 aromatic carbocycles. The van der Waals surface area contributed by atoms with Gasteiger partial charge in [-0.15, -0.1) is 0 Å². The van der Waals surface area contributed by atoms with E-state index in [-0.39, 0.29) is 11.9 Å². The molecule has 1 fully saturated rings. The lowest BCUT2D eigenvalue weighted by Crippen LogP contribution is -2.33. The molecule has 0 radical (unpaired) electrons. The molecule has 1 unspecified atom stereocenters. The molecule has 1 aliphatic heterocycles. The Balaban J connectivity index is 1.64. The molecule has 128 valence electrons. The second-order valence-electron chi connectivity index (χ2n) is 5.86. The topological polar surface area (TPSA) is 98.3 Å². The van der Waals surface area contributed by atoms with Gasteiger partial charge in [-0.3, -0.25) is 9.69 Å². The smallest absolute Gasteiger partial charge is 0.238 e. The Morgan fingerprint density at radius 2 is 2.33 bits per heavy atom. The van der Waals surface area contributed by atoms with Crippen LogP contribution in [0.4, 0.5) is 11.6 Å². The molecular formula is C16H22N6O2. The molecule has 0 bridgehead atoms. The predicted octanol–water partition coefficient (Wildman–Crippen LogP) is 1.18. The van der Waals surface area contributed by atoms with Crippen LogP contribution in [-0.2, 0) is 11.8 Å². The molecule has 0 aliphatic carbocycles. The number of amides is 1. The summed E-state index contributed by atoms with van der Waals surface area (Å²) in [4.78, 5) is 18.7. The summed E-state index contributed by atoms with van der Waals surface area (Å²) in [5.74, 6) is 1.71. The standard InChI is InChI=1S/C16H22N6O2/c1-21-16(17)19-15(20-21)13-7-4-8-22(13)10-14(23)18-11-5-3-6-12(9-11)24-2/h3,5-6,9,13H,4,7-8,10H2,1-2H3,(H,18,23)(H2,17,19,20). The van der Waals surface area contributed by atoms with Crippen molar-refractivity contribution >= 4 is 17.5 Å². The first-order valence-electron chi connectivity index (χ1n) is 7.91. The molecule has 2 heterocycles. The van der Waals surface area contributed by atoms with Gasteiger partial charge in [0, 0.05) is 18.8 Å². The van der Waals surface area contributed by atoms with Gasteiger partial charge in [-0.1, -0.05) is 6.07 Å². The van der Waals surface area contributed by atoms with E-state index in [9.17, 15) is 4.79 Å². The van der Waals surface area contributed by atoms with Crippen molar-refractivity contribution in [3.05, 3.63) is 30.1 Å². The number of nitrogens with one attached hydrogen (secondary N) is 1. The maximum Gasteiger partial charge on any atom is 0.238 e. The highest BCUT2D eigenvalue weighted by Gasteiger charge is 2.30. The Morgan fingerprint density at radius 3 is 3.04 bits per heavy atom. The molecule has 1 atom stereocenters. The Labute approximate surface area is 140 Å². The minimum Gasteiger partial charge on any atom is -0.497 e. The summed E-state index contributed by atoms with van der Waals surface area (Å²) in [6.45, 7) is 1.13. The van der Waals surface area contributed by atoms with E-state index in [1.165, 1.54) is 0 Å². The predicted molar refractivity (Wildman–Crippen MR) is 90.6 cm³/mol. The van der Waals surface area contributed by atoms with E-state index in [0.29, 0.717) is 24.1 Å². The second-order valence-corrected chi connectivity index (χ2v) is 5.86. The van der Waals surface area contributed by atoms with E-state index >= 15 is 0 Å². The molecule has 24 heavy (non-hydrogen) atoms. The normalized spacial score (nSPS) is 17.8. The number of nitrogens with zero attached hydrogens (tertiary/aromatic N) is 4. The van der Waals surface area contributed by atoms with Crippen molar-refractivity contribution in [2.24, 2.45) is 7.05 Å². The third kappa shape index (κ3) is 3.48. The Bertz CT molecular complexity index is 710. The Kier molecular flexibility index (Phi) is 4.66. The molecular weight excluding hydrogens is 308 g/mol. The fourth-order valence-electron chi connectivity index (χ4n) is 2.95. The number of likely N-dealkylation sites (tertiary alicyclic amines) is 1. The molecule has 1 aromatic heterocycles. The summed E-state index contributed by atoms with van der Waals surface area (Å²) < 4.78 is 6.72. The van der Waals surface area contributed by atoms with Gasteiger partial charge >= 0.3 is 0 Å². The maximum absolute atomic E-state index is 12.4. The number of hydrogen-bond acceptors (Lipinski definition) is 6. The van der Waals surface area contributed by atoms with Crippen LogP contribution in [0.5, 0.6) is 5.75 Å². The molecule has 2 aromatic rings. The van der Waals surface area contributed by atoms with Crippen molar-refractivity contribution in [3.8, 4) is 5.75 Å². The van der Waals surface area contributed by atoms with Crippen LogP contribution in [0.3, 0.4) is 0 Å². The van der Waals surface area contributed by atoms with Gasteiger partial charge in [0.15, 0.2) is 5.82 Å². The first-order valence-corrected chi connectivity index (χ1v) is 7.91. The summed E-state index contributed by atoms with van der Waals surface area (Å²) in [5.41, 5.74) is 6.48. The fourth-order valence-corrected chi connectivity index (χ4v) is 2.95. The SMILES string of the molecule is COc1cccc(NC(=O)CN2CCCC2c2nc(N)n(C)n2)c1. The van der Waals surface area contributed by atoms with Gasteiger partial charge < -0.3 is 15.8 Å². The van der Waals surface area contributed by atoms with Crippen molar-refractivity contribution < 1.29 is 9.53 Å². The fraction of sp³-hybridized carbons (Fsp3) is 0.438. The van der Waals surface area contributed by atoms with Gasteiger partial charge in [-0.05, 0) is 31.5 Å². The van der Waals surface area contributed by atoms with Gasteiger partial charge in [0.25, 0.3) is 0 Å². The highest BCUT2D eigenvalue weighted by atomic mass is 16.5. The zero-order chi connectivity index (χ0) is 17.1. The van der Waals surface area contributed by atoms with E-state index < -0.39 is 0 Å². The van der Waals surface area contributed by atoms with Crippen LogP contribution in [0.15, 0.2) is 24.3 Å². The minimum atomic E-state index is -0.0703.